The van der Waals surface area contributed by atoms with Gasteiger partial charge in [-0.15, -0.1) is 0 Å². The van der Waals surface area contributed by atoms with E-state index in [0.29, 0.717) is 42.5 Å². The SMILES string of the molecule is CCC(C)N(CC(=O)N(CCc1ccc(OC)c(OC)c1)Cc1ccco1)C(=O)Nc1ccc(C)c(C)c1. The number of benzene rings is 2. The van der Waals surface area contributed by atoms with Gasteiger partial charge in [0.15, 0.2) is 11.5 Å². The minimum absolute atomic E-state index is 0.0433. The van der Waals surface area contributed by atoms with Gasteiger partial charge in [-0.05, 0) is 86.7 Å². The third-order valence-electron chi connectivity index (χ3n) is 6.85. The Hall–Kier alpha value is -3.94. The number of carbonyl (C=O) groups excluding carboxylic acids is 2. The van der Waals surface area contributed by atoms with Crippen LogP contribution in [-0.4, -0.2) is 55.1 Å². The van der Waals surface area contributed by atoms with E-state index < -0.39 is 0 Å². The molecular weight excluding hydrogens is 482 g/mol. The Morgan fingerprint density at radius 2 is 1.76 bits per heavy atom. The van der Waals surface area contributed by atoms with Gasteiger partial charge in [0, 0.05) is 18.3 Å². The van der Waals surface area contributed by atoms with Crippen LogP contribution in [-0.2, 0) is 17.8 Å². The lowest BCUT2D eigenvalue weighted by molar-refractivity contribution is -0.133. The van der Waals surface area contributed by atoms with Crippen molar-refractivity contribution in [2.45, 2.75) is 53.1 Å². The molecule has 8 nitrogen and oxygen atoms in total. The van der Waals surface area contributed by atoms with Crippen molar-refractivity contribution in [3.63, 3.8) is 0 Å². The maximum atomic E-state index is 13.6. The summed E-state index contributed by atoms with van der Waals surface area (Å²) in [5.74, 6) is 1.82. The van der Waals surface area contributed by atoms with Crippen molar-refractivity contribution >= 4 is 17.6 Å². The van der Waals surface area contributed by atoms with Gasteiger partial charge in [0.05, 0.1) is 27.0 Å². The summed E-state index contributed by atoms with van der Waals surface area (Å²) in [5, 5.41) is 2.97. The van der Waals surface area contributed by atoms with Crippen molar-refractivity contribution in [3.05, 3.63) is 77.2 Å². The second-order valence-corrected chi connectivity index (χ2v) is 9.45. The van der Waals surface area contributed by atoms with Crippen molar-refractivity contribution in [1.82, 2.24) is 9.80 Å². The molecule has 0 spiro atoms. The molecular formula is C30H39N3O5. The number of anilines is 1. The Morgan fingerprint density at radius 3 is 2.39 bits per heavy atom. The Morgan fingerprint density at radius 1 is 1.00 bits per heavy atom. The molecule has 1 N–H and O–H groups in total. The average molecular weight is 522 g/mol. The highest BCUT2D eigenvalue weighted by Crippen LogP contribution is 2.28. The van der Waals surface area contributed by atoms with Crippen LogP contribution in [0.15, 0.2) is 59.2 Å². The molecule has 1 aromatic heterocycles. The molecule has 2 aromatic carbocycles. The van der Waals surface area contributed by atoms with Crippen molar-refractivity contribution < 1.29 is 23.5 Å². The number of hydrogen-bond donors (Lipinski definition) is 1. The third-order valence-corrected chi connectivity index (χ3v) is 6.85. The molecule has 0 saturated carbocycles. The molecule has 1 atom stereocenters. The topological polar surface area (TPSA) is 84.2 Å². The summed E-state index contributed by atoms with van der Waals surface area (Å²) in [6, 6.07) is 14.7. The van der Waals surface area contributed by atoms with Crippen LogP contribution in [0.3, 0.4) is 0 Å². The van der Waals surface area contributed by atoms with Crippen LogP contribution in [0.25, 0.3) is 0 Å². The lowest BCUT2D eigenvalue weighted by atomic mass is 10.1. The summed E-state index contributed by atoms with van der Waals surface area (Å²) >= 11 is 0. The van der Waals surface area contributed by atoms with E-state index in [1.54, 1.807) is 36.3 Å². The van der Waals surface area contributed by atoms with Crippen LogP contribution in [0.2, 0.25) is 0 Å². The average Bonchev–Trinajstić information content (AvgIpc) is 3.44. The first-order valence-electron chi connectivity index (χ1n) is 12.9. The van der Waals surface area contributed by atoms with Crippen molar-refractivity contribution in [1.29, 1.82) is 0 Å². The number of amides is 3. The number of furan rings is 1. The minimum atomic E-state index is -0.297. The molecule has 204 valence electrons. The lowest BCUT2D eigenvalue weighted by Crippen LogP contribution is -2.48. The first-order chi connectivity index (χ1) is 18.2. The Kier molecular flexibility index (Phi) is 10.2. The fourth-order valence-electron chi connectivity index (χ4n) is 4.09. The summed E-state index contributed by atoms with van der Waals surface area (Å²) in [4.78, 5) is 30.2. The number of aryl methyl sites for hydroxylation is 2. The van der Waals surface area contributed by atoms with E-state index in [1.165, 1.54) is 0 Å². The van der Waals surface area contributed by atoms with Gasteiger partial charge < -0.3 is 29.0 Å². The second-order valence-electron chi connectivity index (χ2n) is 9.45. The predicted molar refractivity (Wildman–Crippen MR) is 149 cm³/mol. The Balaban J connectivity index is 1.76. The van der Waals surface area contributed by atoms with Gasteiger partial charge in [-0.2, -0.15) is 0 Å². The van der Waals surface area contributed by atoms with E-state index in [0.717, 1.165) is 23.1 Å². The third kappa shape index (κ3) is 7.54. The van der Waals surface area contributed by atoms with Gasteiger partial charge >= 0.3 is 6.03 Å². The molecule has 38 heavy (non-hydrogen) atoms. The Bertz CT molecular complexity index is 1210. The van der Waals surface area contributed by atoms with E-state index >= 15 is 0 Å². The Labute approximate surface area is 225 Å². The number of ether oxygens (including phenoxy) is 2. The number of methoxy groups -OCH3 is 2. The summed E-state index contributed by atoms with van der Waals surface area (Å²) < 4.78 is 16.3. The molecule has 1 unspecified atom stereocenters. The highest BCUT2D eigenvalue weighted by Gasteiger charge is 2.25. The van der Waals surface area contributed by atoms with E-state index in [-0.39, 0.29) is 24.5 Å². The molecule has 1 heterocycles. The maximum Gasteiger partial charge on any atom is 0.322 e. The summed E-state index contributed by atoms with van der Waals surface area (Å²) in [5.41, 5.74) is 3.96. The normalized spacial score (nSPS) is 11.5. The van der Waals surface area contributed by atoms with Crippen LogP contribution in [0.4, 0.5) is 10.5 Å². The number of nitrogens with one attached hydrogen (secondary N) is 1. The lowest BCUT2D eigenvalue weighted by Gasteiger charge is -2.31. The fourth-order valence-corrected chi connectivity index (χ4v) is 4.09. The van der Waals surface area contributed by atoms with Gasteiger partial charge in [0.25, 0.3) is 0 Å². The molecule has 3 amide bonds. The molecule has 0 fully saturated rings. The quantitative estimate of drug-likeness (QED) is 0.325. The second kappa shape index (κ2) is 13.6. The standard InChI is InChI=1S/C30H39N3O5/c1-7-23(4)33(30(35)31-25-12-10-21(2)22(3)17-25)20-29(34)32(19-26-9-8-16-38-26)15-14-24-11-13-27(36-5)28(18-24)37-6/h8-13,16-18,23H,7,14-15,19-20H2,1-6H3,(H,31,35). The number of rotatable bonds is 12. The highest BCUT2D eigenvalue weighted by molar-refractivity contribution is 5.92. The van der Waals surface area contributed by atoms with E-state index in [2.05, 4.69) is 5.32 Å². The van der Waals surface area contributed by atoms with Gasteiger partial charge in [-0.1, -0.05) is 19.1 Å². The van der Waals surface area contributed by atoms with Crippen LogP contribution >= 0.6 is 0 Å². The monoisotopic (exact) mass is 521 g/mol. The fraction of sp³-hybridized carbons (Fsp3) is 0.400. The zero-order valence-corrected chi connectivity index (χ0v) is 23.2. The van der Waals surface area contributed by atoms with Gasteiger partial charge in [-0.3, -0.25) is 4.79 Å². The minimum Gasteiger partial charge on any atom is -0.493 e. The largest absolute Gasteiger partial charge is 0.493 e. The first kappa shape index (κ1) is 28.6. The molecule has 0 radical (unpaired) electrons. The number of carbonyl (C=O) groups is 2. The highest BCUT2D eigenvalue weighted by atomic mass is 16.5. The molecule has 0 aliphatic carbocycles. The van der Waals surface area contributed by atoms with Crippen LogP contribution < -0.4 is 14.8 Å². The van der Waals surface area contributed by atoms with Crippen LogP contribution in [0.5, 0.6) is 11.5 Å². The van der Waals surface area contributed by atoms with Crippen molar-refractivity contribution in [2.75, 3.05) is 32.6 Å². The number of urea groups is 1. The molecule has 3 rings (SSSR count). The predicted octanol–water partition coefficient (Wildman–Crippen LogP) is 5.82. The summed E-state index contributed by atoms with van der Waals surface area (Å²) in [7, 11) is 3.20. The zero-order valence-electron chi connectivity index (χ0n) is 23.2. The smallest absolute Gasteiger partial charge is 0.322 e. The number of nitrogens with zero attached hydrogens (tertiary/aromatic N) is 2. The molecule has 8 heteroatoms. The van der Waals surface area contributed by atoms with E-state index in [4.69, 9.17) is 13.9 Å². The molecule has 3 aromatic rings. The molecule has 0 aliphatic rings. The van der Waals surface area contributed by atoms with E-state index in [1.807, 2.05) is 70.2 Å². The van der Waals surface area contributed by atoms with Gasteiger partial charge in [0.2, 0.25) is 5.91 Å². The maximum absolute atomic E-state index is 13.6. The van der Waals surface area contributed by atoms with Crippen LogP contribution in [0.1, 0.15) is 42.7 Å². The van der Waals surface area contributed by atoms with Crippen molar-refractivity contribution in [2.24, 2.45) is 0 Å². The van der Waals surface area contributed by atoms with Gasteiger partial charge in [-0.25, -0.2) is 4.79 Å². The first-order valence-corrected chi connectivity index (χ1v) is 12.9. The molecule has 0 bridgehead atoms. The molecule has 0 aliphatic heterocycles. The van der Waals surface area contributed by atoms with Crippen LogP contribution in [0, 0.1) is 13.8 Å². The molecule has 0 saturated heterocycles. The number of hydrogen-bond acceptors (Lipinski definition) is 5. The van der Waals surface area contributed by atoms with Crippen molar-refractivity contribution in [3.8, 4) is 11.5 Å². The van der Waals surface area contributed by atoms with E-state index in [9.17, 15) is 9.59 Å². The summed E-state index contributed by atoms with van der Waals surface area (Å²) in [6.45, 7) is 8.70. The zero-order chi connectivity index (χ0) is 27.7. The van der Waals surface area contributed by atoms with Gasteiger partial charge in [0.1, 0.15) is 12.3 Å². The summed E-state index contributed by atoms with van der Waals surface area (Å²) in [6.07, 6.45) is 2.91.